The fourth-order valence-corrected chi connectivity index (χ4v) is 12.5. The van der Waals surface area contributed by atoms with Crippen LogP contribution < -0.4 is 0 Å². The Morgan fingerprint density at radius 2 is 1.00 bits per heavy atom. The summed E-state index contributed by atoms with van der Waals surface area (Å²) in [5.74, 6) is 8.22. The molecule has 6 fully saturated rings. The minimum atomic E-state index is 0.595. The van der Waals surface area contributed by atoms with Gasteiger partial charge in [-0.1, -0.05) is 67.0 Å². The minimum Gasteiger partial charge on any atom is -0.0767 e. The third-order valence-corrected chi connectivity index (χ3v) is 13.6. The van der Waals surface area contributed by atoms with E-state index in [2.05, 4.69) is 48.8 Å². The summed E-state index contributed by atoms with van der Waals surface area (Å²) in [6, 6.07) is 0. The molecule has 6 aliphatic carbocycles. The smallest absolute Gasteiger partial charge is 0.0767 e. The second-order valence-electron chi connectivity index (χ2n) is 15.4. The Balaban J connectivity index is 1.18. The Morgan fingerprint density at radius 3 is 1.42 bits per heavy atom. The van der Waals surface area contributed by atoms with Crippen LogP contribution in [0.2, 0.25) is 12.6 Å². The Hall–Kier alpha value is 0.0649. The Morgan fingerprint density at radius 1 is 0.581 bits per heavy atom. The van der Waals surface area contributed by atoms with Gasteiger partial charge in [-0.3, -0.25) is 0 Å². The summed E-state index contributed by atoms with van der Waals surface area (Å²) in [5, 5.41) is 0. The summed E-state index contributed by atoms with van der Waals surface area (Å²) >= 11 is 0. The normalized spacial score (nSPS) is 55.8. The maximum atomic E-state index is 2.88. The topological polar surface area (TPSA) is 0 Å². The Labute approximate surface area is 194 Å². The fourth-order valence-electron chi connectivity index (χ4n) is 12.5. The molecule has 0 amide bonds. The molecule has 0 aromatic heterocycles. The van der Waals surface area contributed by atoms with Crippen LogP contribution in [-0.2, 0) is 0 Å². The quantitative estimate of drug-likeness (QED) is 0.399. The second-order valence-corrected chi connectivity index (χ2v) is 15.4. The lowest BCUT2D eigenvalue weighted by atomic mass is 9.50. The van der Waals surface area contributed by atoms with Crippen LogP contribution in [0.1, 0.15) is 106 Å². The first-order valence-corrected chi connectivity index (χ1v) is 14.4. The maximum absolute atomic E-state index is 2.88. The molecule has 0 heterocycles. The van der Waals surface area contributed by atoms with Crippen molar-refractivity contribution in [3.8, 4) is 0 Å². The molecule has 0 nitrogen and oxygen atoms in total. The standard InChI is InChI=1S/C30H50B/c1-27(2)13-7-15-29(5)21-11-9-19(25(21)27)23(29)17-31-18-24-20-10-12-22-26(20)28(3,4)14-8-16-30(22,24)6/h19-26H,7-18H2,1-6H3/t19-,20-,21-,22-,23-,24-,25?,26?,29+,30+/m1/s1. The van der Waals surface area contributed by atoms with Crippen LogP contribution in [0.4, 0.5) is 0 Å². The van der Waals surface area contributed by atoms with Crippen molar-refractivity contribution < 1.29 is 0 Å². The Kier molecular flexibility index (Phi) is 4.74. The van der Waals surface area contributed by atoms with E-state index in [9.17, 15) is 0 Å². The highest BCUT2D eigenvalue weighted by Crippen LogP contribution is 2.73. The van der Waals surface area contributed by atoms with Crippen molar-refractivity contribution in [2.75, 3.05) is 0 Å². The first-order chi connectivity index (χ1) is 14.6. The number of hydrogen-bond acceptors (Lipinski definition) is 0. The van der Waals surface area contributed by atoms with Gasteiger partial charge in [0, 0.05) is 0 Å². The summed E-state index contributed by atoms with van der Waals surface area (Å²) in [6.07, 6.45) is 18.1. The van der Waals surface area contributed by atoms with Crippen LogP contribution in [0, 0.1) is 69.0 Å². The van der Waals surface area contributed by atoms with Crippen molar-refractivity contribution in [1.29, 1.82) is 0 Å². The molecule has 0 N–H and O–H groups in total. The molecule has 6 rings (SSSR count). The van der Waals surface area contributed by atoms with Crippen molar-refractivity contribution in [3.05, 3.63) is 0 Å². The van der Waals surface area contributed by atoms with Crippen LogP contribution in [0.15, 0.2) is 0 Å². The zero-order valence-electron chi connectivity index (χ0n) is 21.7. The first-order valence-electron chi connectivity index (χ1n) is 14.4. The molecule has 0 aliphatic heterocycles. The molecular formula is C30H50B. The second kappa shape index (κ2) is 6.81. The molecule has 2 unspecified atom stereocenters. The zero-order chi connectivity index (χ0) is 21.8. The highest BCUT2D eigenvalue weighted by molar-refractivity contribution is 6.35. The highest BCUT2D eigenvalue weighted by Gasteiger charge is 2.66. The maximum Gasteiger partial charge on any atom is 0.110 e. The predicted molar refractivity (Wildman–Crippen MR) is 133 cm³/mol. The van der Waals surface area contributed by atoms with Crippen molar-refractivity contribution in [3.63, 3.8) is 0 Å². The van der Waals surface area contributed by atoms with E-state index in [4.69, 9.17) is 0 Å². The largest absolute Gasteiger partial charge is 0.110 e. The molecule has 0 saturated heterocycles. The van der Waals surface area contributed by atoms with Crippen LogP contribution in [-0.4, -0.2) is 7.28 Å². The fraction of sp³-hybridized carbons (Fsp3) is 1.00. The van der Waals surface area contributed by atoms with Gasteiger partial charge in [-0.15, -0.1) is 0 Å². The molecule has 1 heteroatoms. The third kappa shape index (κ3) is 2.79. The molecule has 6 aliphatic rings. The van der Waals surface area contributed by atoms with E-state index in [0.717, 1.165) is 47.3 Å². The number of rotatable bonds is 4. The van der Waals surface area contributed by atoms with Gasteiger partial charge >= 0.3 is 0 Å². The van der Waals surface area contributed by atoms with Crippen LogP contribution in [0.3, 0.4) is 0 Å². The molecule has 31 heavy (non-hydrogen) atoms. The van der Waals surface area contributed by atoms with Crippen molar-refractivity contribution >= 4 is 7.28 Å². The predicted octanol–water partition coefficient (Wildman–Crippen LogP) is 8.50. The summed E-state index contributed by atoms with van der Waals surface area (Å²) < 4.78 is 0. The van der Waals surface area contributed by atoms with Crippen molar-refractivity contribution in [2.45, 2.75) is 118 Å². The lowest BCUT2D eigenvalue weighted by Gasteiger charge is -2.44. The van der Waals surface area contributed by atoms with Crippen molar-refractivity contribution in [2.24, 2.45) is 69.0 Å². The van der Waals surface area contributed by atoms with E-state index in [1.54, 1.807) is 25.7 Å². The molecular weight excluding hydrogens is 371 g/mol. The van der Waals surface area contributed by atoms with Gasteiger partial charge in [-0.25, -0.2) is 0 Å². The van der Waals surface area contributed by atoms with E-state index in [-0.39, 0.29) is 0 Å². The summed E-state index contributed by atoms with van der Waals surface area (Å²) in [5.41, 5.74) is 2.51. The average molecular weight is 422 g/mol. The van der Waals surface area contributed by atoms with Crippen molar-refractivity contribution in [1.82, 2.24) is 0 Å². The molecule has 0 aromatic rings. The Bertz CT molecular complexity index is 662. The highest BCUT2D eigenvalue weighted by atomic mass is 14.7. The lowest BCUT2D eigenvalue weighted by molar-refractivity contribution is 0.0939. The van der Waals surface area contributed by atoms with Gasteiger partial charge in [0.05, 0.1) is 0 Å². The van der Waals surface area contributed by atoms with Gasteiger partial charge in [-0.2, -0.15) is 0 Å². The SMILES string of the molecule is CC1(C)CCC[C@@]2(C)[C@@H]3CC[C@@H](C31)[C@H]2C[B]C[C@@H]1[C@H]2CC[C@@H]3C2C(C)(C)CCC[C@@]31C. The summed E-state index contributed by atoms with van der Waals surface area (Å²) in [6.45, 7) is 16.0. The molecule has 0 aromatic carbocycles. The van der Waals surface area contributed by atoms with E-state index in [1.165, 1.54) is 51.2 Å². The van der Waals surface area contributed by atoms with E-state index < -0.39 is 0 Å². The minimum absolute atomic E-state index is 0.595. The average Bonchev–Trinajstić information content (AvgIpc) is 3.37. The van der Waals surface area contributed by atoms with Crippen LogP contribution >= 0.6 is 0 Å². The van der Waals surface area contributed by atoms with Crippen LogP contribution in [0.25, 0.3) is 0 Å². The molecule has 8 bridgehead atoms. The van der Waals surface area contributed by atoms with Gasteiger partial charge in [0.15, 0.2) is 0 Å². The third-order valence-electron chi connectivity index (χ3n) is 13.6. The summed E-state index contributed by atoms with van der Waals surface area (Å²) in [4.78, 5) is 0. The van der Waals surface area contributed by atoms with Gasteiger partial charge in [0.1, 0.15) is 7.28 Å². The van der Waals surface area contributed by atoms with Crippen LogP contribution in [0.5, 0.6) is 0 Å². The first kappa shape index (κ1) is 21.6. The van der Waals surface area contributed by atoms with Gasteiger partial charge in [0.25, 0.3) is 0 Å². The molecule has 0 spiro atoms. The number of hydrogen-bond donors (Lipinski definition) is 0. The summed E-state index contributed by atoms with van der Waals surface area (Å²) in [7, 11) is 2.88. The van der Waals surface area contributed by atoms with Gasteiger partial charge in [-0.05, 0) is 120 Å². The zero-order valence-corrected chi connectivity index (χ0v) is 21.7. The van der Waals surface area contributed by atoms with E-state index >= 15 is 0 Å². The molecule has 1 radical (unpaired) electrons. The molecule has 173 valence electrons. The molecule has 6 saturated carbocycles. The van der Waals surface area contributed by atoms with Gasteiger partial charge in [0.2, 0.25) is 0 Å². The van der Waals surface area contributed by atoms with E-state index in [1.807, 2.05) is 0 Å². The van der Waals surface area contributed by atoms with E-state index in [0.29, 0.717) is 21.7 Å². The van der Waals surface area contributed by atoms with Gasteiger partial charge < -0.3 is 0 Å². The molecule has 10 atom stereocenters. The lowest BCUT2D eigenvalue weighted by Crippen LogP contribution is -2.36. The monoisotopic (exact) mass is 421 g/mol.